The summed E-state index contributed by atoms with van der Waals surface area (Å²) in [4.78, 5) is 4.75. The maximum Gasteiger partial charge on any atom is 0.0954 e. The number of benzene rings is 1. The summed E-state index contributed by atoms with van der Waals surface area (Å²) >= 11 is 1.85. The van der Waals surface area contributed by atoms with Crippen LogP contribution in [0.1, 0.15) is 31.2 Å². The lowest BCUT2D eigenvalue weighted by molar-refractivity contribution is 0.459. The Morgan fingerprint density at radius 1 is 1.39 bits per heavy atom. The molecule has 0 bridgehead atoms. The van der Waals surface area contributed by atoms with Crippen LogP contribution in [0, 0.1) is 5.92 Å². The minimum atomic E-state index is 0.644. The van der Waals surface area contributed by atoms with Crippen LogP contribution in [-0.2, 0) is 6.42 Å². The molecule has 0 saturated heterocycles. The monoisotopic (exact) mass is 260 g/mol. The molecule has 0 amide bonds. The van der Waals surface area contributed by atoms with Crippen molar-refractivity contribution in [2.24, 2.45) is 5.92 Å². The minimum Gasteiger partial charge on any atom is -0.313 e. The number of nitrogens with one attached hydrogen (secondary N) is 1. The van der Waals surface area contributed by atoms with Crippen molar-refractivity contribution in [3.05, 3.63) is 29.3 Å². The Morgan fingerprint density at radius 2 is 2.22 bits per heavy atom. The molecule has 1 aliphatic carbocycles. The van der Waals surface area contributed by atoms with Crippen LogP contribution in [0.15, 0.2) is 24.3 Å². The number of hydrogen-bond acceptors (Lipinski definition) is 3. The van der Waals surface area contributed by atoms with E-state index in [2.05, 4.69) is 36.5 Å². The fourth-order valence-corrected chi connectivity index (χ4v) is 3.45. The molecule has 2 aromatic rings. The lowest BCUT2D eigenvalue weighted by Crippen LogP contribution is -2.33. The zero-order chi connectivity index (χ0) is 12.4. The van der Waals surface area contributed by atoms with Crippen LogP contribution >= 0.6 is 11.3 Å². The van der Waals surface area contributed by atoms with Crippen molar-refractivity contribution in [2.45, 2.75) is 38.6 Å². The zero-order valence-corrected chi connectivity index (χ0v) is 11.7. The van der Waals surface area contributed by atoms with E-state index in [1.165, 1.54) is 29.0 Å². The Kier molecular flexibility index (Phi) is 3.62. The van der Waals surface area contributed by atoms with Crippen LogP contribution in [0.2, 0.25) is 0 Å². The summed E-state index contributed by atoms with van der Waals surface area (Å²) in [5, 5.41) is 4.98. The van der Waals surface area contributed by atoms with Gasteiger partial charge in [-0.3, -0.25) is 0 Å². The van der Waals surface area contributed by atoms with E-state index in [0.717, 1.165) is 24.4 Å². The van der Waals surface area contributed by atoms with Gasteiger partial charge in [0.05, 0.1) is 15.2 Å². The average Bonchev–Trinajstić information content (AvgIpc) is 3.14. The predicted molar refractivity (Wildman–Crippen MR) is 78.1 cm³/mol. The second kappa shape index (κ2) is 5.37. The van der Waals surface area contributed by atoms with Crippen molar-refractivity contribution in [3.8, 4) is 0 Å². The topological polar surface area (TPSA) is 24.9 Å². The third-order valence-electron chi connectivity index (χ3n) is 3.58. The second-order valence-corrected chi connectivity index (χ2v) is 6.29. The fraction of sp³-hybridized carbons (Fsp3) is 0.533. The number of para-hydroxylation sites is 1. The normalized spacial score (nSPS) is 17.2. The summed E-state index contributed by atoms with van der Waals surface area (Å²) in [5.74, 6) is 0.892. The van der Waals surface area contributed by atoms with E-state index in [1.807, 2.05) is 11.3 Å². The molecule has 0 radical (unpaired) electrons. The minimum absolute atomic E-state index is 0.644. The van der Waals surface area contributed by atoms with Crippen molar-refractivity contribution >= 4 is 21.6 Å². The fourth-order valence-electron chi connectivity index (χ4n) is 2.43. The summed E-state index contributed by atoms with van der Waals surface area (Å²) in [5.41, 5.74) is 1.16. The molecular formula is C15H20N2S. The van der Waals surface area contributed by atoms with E-state index < -0.39 is 0 Å². The Bertz CT molecular complexity index is 483. The molecule has 1 unspecified atom stereocenters. The molecule has 3 heteroatoms. The Labute approximate surface area is 112 Å². The Morgan fingerprint density at radius 3 is 2.94 bits per heavy atom. The maximum atomic E-state index is 4.75. The molecule has 3 rings (SSSR count). The first-order valence-corrected chi connectivity index (χ1v) is 7.76. The zero-order valence-electron chi connectivity index (χ0n) is 10.9. The van der Waals surface area contributed by atoms with Gasteiger partial charge in [0.2, 0.25) is 0 Å². The van der Waals surface area contributed by atoms with E-state index in [9.17, 15) is 0 Å². The number of rotatable bonds is 6. The summed E-state index contributed by atoms with van der Waals surface area (Å²) in [6.45, 7) is 3.36. The van der Waals surface area contributed by atoms with Gasteiger partial charge in [-0.25, -0.2) is 4.98 Å². The molecule has 1 aromatic heterocycles. The van der Waals surface area contributed by atoms with Gasteiger partial charge < -0.3 is 5.32 Å². The number of hydrogen-bond donors (Lipinski definition) is 1. The van der Waals surface area contributed by atoms with Gasteiger partial charge in [-0.15, -0.1) is 11.3 Å². The average molecular weight is 260 g/mol. The van der Waals surface area contributed by atoms with Gasteiger partial charge in [-0.1, -0.05) is 19.1 Å². The second-order valence-electron chi connectivity index (χ2n) is 5.18. The largest absolute Gasteiger partial charge is 0.313 e. The van der Waals surface area contributed by atoms with E-state index in [1.54, 1.807) is 0 Å². The molecular weight excluding hydrogens is 240 g/mol. The van der Waals surface area contributed by atoms with E-state index in [4.69, 9.17) is 4.98 Å². The lowest BCUT2D eigenvalue weighted by atomic mass is 10.1. The predicted octanol–water partition coefficient (Wildman–Crippen LogP) is 3.62. The van der Waals surface area contributed by atoms with Crippen LogP contribution in [0.4, 0.5) is 0 Å². The summed E-state index contributed by atoms with van der Waals surface area (Å²) in [6, 6.07) is 9.09. The molecule has 0 aliphatic heterocycles. The first-order valence-electron chi connectivity index (χ1n) is 6.94. The molecule has 1 fully saturated rings. The molecule has 2 nitrogen and oxygen atoms in total. The smallest absolute Gasteiger partial charge is 0.0954 e. The van der Waals surface area contributed by atoms with E-state index in [0.29, 0.717) is 6.04 Å². The van der Waals surface area contributed by atoms with Crippen LogP contribution < -0.4 is 5.32 Å². The summed E-state index contributed by atoms with van der Waals surface area (Å²) in [6.07, 6.45) is 5.10. The van der Waals surface area contributed by atoms with Crippen LogP contribution in [0.3, 0.4) is 0 Å². The summed E-state index contributed by atoms with van der Waals surface area (Å²) in [7, 11) is 0. The van der Waals surface area contributed by atoms with Crippen LogP contribution in [-0.4, -0.2) is 17.6 Å². The number of thiazole rings is 1. The van der Waals surface area contributed by atoms with Crippen molar-refractivity contribution in [2.75, 3.05) is 6.54 Å². The highest BCUT2D eigenvalue weighted by Crippen LogP contribution is 2.35. The number of fused-ring (bicyclic) bond motifs is 1. The molecule has 1 heterocycles. The van der Waals surface area contributed by atoms with Crippen molar-refractivity contribution < 1.29 is 0 Å². The van der Waals surface area contributed by atoms with Gasteiger partial charge in [-0.2, -0.15) is 0 Å². The third-order valence-corrected chi connectivity index (χ3v) is 4.64. The van der Waals surface area contributed by atoms with Gasteiger partial charge in [0.15, 0.2) is 0 Å². The van der Waals surface area contributed by atoms with Gasteiger partial charge in [0, 0.05) is 12.5 Å². The van der Waals surface area contributed by atoms with Crippen molar-refractivity contribution in [1.82, 2.24) is 10.3 Å². The molecule has 1 aromatic carbocycles. The molecule has 0 spiro atoms. The molecule has 18 heavy (non-hydrogen) atoms. The highest BCUT2D eigenvalue weighted by molar-refractivity contribution is 7.18. The van der Waals surface area contributed by atoms with Crippen LogP contribution in [0.25, 0.3) is 10.2 Å². The van der Waals surface area contributed by atoms with E-state index >= 15 is 0 Å². The first kappa shape index (κ1) is 12.1. The van der Waals surface area contributed by atoms with Gasteiger partial charge in [0.25, 0.3) is 0 Å². The highest BCUT2D eigenvalue weighted by atomic mass is 32.1. The number of nitrogens with zero attached hydrogens (tertiary/aromatic N) is 1. The Balaban J connectivity index is 1.72. The van der Waals surface area contributed by atoms with Gasteiger partial charge in [-0.05, 0) is 43.9 Å². The molecule has 1 aliphatic rings. The maximum absolute atomic E-state index is 4.75. The first-order chi connectivity index (χ1) is 8.86. The summed E-state index contributed by atoms with van der Waals surface area (Å²) < 4.78 is 1.32. The SMILES string of the molecule is CCCNC(Cc1nc2ccccc2s1)C1CC1. The third kappa shape index (κ3) is 2.73. The number of aromatic nitrogens is 1. The van der Waals surface area contributed by atoms with Gasteiger partial charge in [0.1, 0.15) is 0 Å². The van der Waals surface area contributed by atoms with E-state index in [-0.39, 0.29) is 0 Å². The molecule has 1 saturated carbocycles. The quantitative estimate of drug-likeness (QED) is 0.858. The Hall–Kier alpha value is -0.930. The molecule has 1 atom stereocenters. The lowest BCUT2D eigenvalue weighted by Gasteiger charge is -2.16. The van der Waals surface area contributed by atoms with Crippen LogP contribution in [0.5, 0.6) is 0 Å². The standard InChI is InChI=1S/C15H20N2S/c1-2-9-16-13(11-7-8-11)10-15-17-12-5-3-4-6-14(12)18-15/h3-6,11,13,16H,2,7-10H2,1H3. The highest BCUT2D eigenvalue weighted by Gasteiger charge is 2.31. The molecule has 1 N–H and O–H groups in total. The molecule has 96 valence electrons. The van der Waals surface area contributed by atoms with Gasteiger partial charge >= 0.3 is 0 Å². The van der Waals surface area contributed by atoms with Crippen molar-refractivity contribution in [3.63, 3.8) is 0 Å². The van der Waals surface area contributed by atoms with Crippen molar-refractivity contribution in [1.29, 1.82) is 0 Å².